The molecule has 1 atom stereocenters. The van der Waals surface area contributed by atoms with Gasteiger partial charge in [-0.05, 0) is 61.5 Å². The number of benzene rings is 2. The van der Waals surface area contributed by atoms with Crippen molar-refractivity contribution in [3.05, 3.63) is 82.1 Å². The monoisotopic (exact) mass is 511 g/mol. The molecule has 1 heterocycles. The maximum Gasteiger partial charge on any atom is 0.270 e. The lowest BCUT2D eigenvalue weighted by Gasteiger charge is -2.34. The molecule has 0 radical (unpaired) electrons. The second kappa shape index (κ2) is 11.3. The first-order valence-electron chi connectivity index (χ1n) is 11.5. The molecule has 0 saturated heterocycles. The van der Waals surface area contributed by atoms with E-state index in [1.807, 2.05) is 51.1 Å². The quantitative estimate of drug-likeness (QED) is 0.382. The smallest absolute Gasteiger partial charge is 0.270 e. The summed E-state index contributed by atoms with van der Waals surface area (Å²) in [5.41, 5.74) is 11.9. The van der Waals surface area contributed by atoms with E-state index < -0.39 is 35.1 Å². The Hall–Kier alpha value is -3.79. The lowest BCUT2D eigenvalue weighted by molar-refractivity contribution is -0.127. The van der Waals surface area contributed by atoms with Crippen molar-refractivity contribution >= 4 is 34.9 Å². The lowest BCUT2D eigenvalue weighted by Crippen LogP contribution is -2.50. The fraction of sp³-hybridized carbons (Fsp3) is 0.308. The molecule has 0 aliphatic carbocycles. The number of carbonyl (C=O) groups is 3. The molecule has 10 heteroatoms. The summed E-state index contributed by atoms with van der Waals surface area (Å²) in [6.07, 6.45) is 1.09. The van der Waals surface area contributed by atoms with Crippen molar-refractivity contribution < 1.29 is 18.8 Å². The van der Waals surface area contributed by atoms with Crippen molar-refractivity contribution in [2.24, 2.45) is 5.73 Å². The molecule has 3 aromatic rings. The molecular weight excluding hydrogens is 481 g/mol. The third-order valence-electron chi connectivity index (χ3n) is 5.99. The molecule has 0 aliphatic rings. The van der Waals surface area contributed by atoms with Crippen molar-refractivity contribution in [1.82, 2.24) is 14.6 Å². The van der Waals surface area contributed by atoms with Crippen LogP contribution in [0.25, 0.3) is 0 Å². The number of nitrogen functional groups attached to an aromatic ring is 1. The topological polar surface area (TPSA) is 131 Å². The molecule has 3 amide bonds. The van der Waals surface area contributed by atoms with Crippen LogP contribution in [0.3, 0.4) is 0 Å². The first-order chi connectivity index (χ1) is 17.0. The van der Waals surface area contributed by atoms with E-state index in [0.717, 1.165) is 17.1 Å². The van der Waals surface area contributed by atoms with E-state index in [2.05, 4.69) is 9.69 Å². The first kappa shape index (κ1) is 26.8. The van der Waals surface area contributed by atoms with E-state index >= 15 is 0 Å². The summed E-state index contributed by atoms with van der Waals surface area (Å²) in [5.74, 6) is -2.32. The molecule has 0 saturated carbocycles. The van der Waals surface area contributed by atoms with Crippen molar-refractivity contribution in [1.29, 1.82) is 0 Å². The number of carbonyl (C=O) groups excluding carboxylic acids is 3. The second-order valence-corrected chi connectivity index (χ2v) is 9.83. The van der Waals surface area contributed by atoms with E-state index in [0.29, 0.717) is 18.4 Å². The zero-order chi connectivity index (χ0) is 26.5. The molecule has 8 nitrogen and oxygen atoms in total. The summed E-state index contributed by atoms with van der Waals surface area (Å²) < 4.78 is 17.7. The largest absolute Gasteiger partial charge is 0.395 e. The Labute approximate surface area is 213 Å². The van der Waals surface area contributed by atoms with E-state index in [-0.39, 0.29) is 22.8 Å². The summed E-state index contributed by atoms with van der Waals surface area (Å²) in [6, 6.07) is 13.8. The zero-order valence-electron chi connectivity index (χ0n) is 20.5. The summed E-state index contributed by atoms with van der Waals surface area (Å²) in [5, 5.41) is 3.00. The zero-order valence-corrected chi connectivity index (χ0v) is 21.3. The second-order valence-electron chi connectivity index (χ2n) is 9.05. The number of halogens is 1. The van der Waals surface area contributed by atoms with Crippen LogP contribution in [0, 0.1) is 5.82 Å². The van der Waals surface area contributed by atoms with Crippen molar-refractivity contribution in [2.75, 3.05) is 12.3 Å². The van der Waals surface area contributed by atoms with Gasteiger partial charge >= 0.3 is 0 Å². The van der Waals surface area contributed by atoms with Crippen molar-refractivity contribution in [3.63, 3.8) is 0 Å². The normalized spacial score (nSPS) is 12.1. The first-order valence-corrected chi connectivity index (χ1v) is 12.3. The summed E-state index contributed by atoms with van der Waals surface area (Å²) in [7, 11) is 0. The molecule has 0 spiro atoms. The molecule has 0 aliphatic heterocycles. The Bertz CT molecular complexity index is 1230. The standard InChI is InChI=1S/C26H30FN5O3S/c1-4-26(2,3)30-24(34)21(17-10-12-18(27)13-11-17)32(15-14-16-8-6-5-7-9-16)25(35)22-19(28)20(23(29)33)31-36-22/h5-13,21H,4,14-15,28H2,1-3H3,(H2,29,33)(H,30,34)/t21-/m0/s1. The molecule has 190 valence electrons. The maximum atomic E-state index is 13.9. The van der Waals surface area contributed by atoms with Gasteiger partial charge in [-0.3, -0.25) is 14.4 Å². The van der Waals surface area contributed by atoms with Crippen LogP contribution in [0.5, 0.6) is 0 Å². The van der Waals surface area contributed by atoms with Gasteiger partial charge in [0.05, 0.1) is 5.69 Å². The highest BCUT2D eigenvalue weighted by atomic mass is 32.1. The van der Waals surface area contributed by atoms with Crippen LogP contribution in [0.1, 0.15) is 64.5 Å². The van der Waals surface area contributed by atoms with Crippen LogP contribution >= 0.6 is 11.5 Å². The Morgan fingerprint density at radius 2 is 1.75 bits per heavy atom. The molecular formula is C26H30FN5O3S. The number of nitrogens with two attached hydrogens (primary N) is 2. The van der Waals surface area contributed by atoms with Crippen LogP contribution in [0.15, 0.2) is 54.6 Å². The minimum absolute atomic E-state index is 0.00604. The number of hydrogen-bond donors (Lipinski definition) is 3. The van der Waals surface area contributed by atoms with E-state index in [4.69, 9.17) is 11.5 Å². The predicted molar refractivity (Wildman–Crippen MR) is 138 cm³/mol. The Morgan fingerprint density at radius 3 is 2.31 bits per heavy atom. The molecule has 3 rings (SSSR count). The Kier molecular flexibility index (Phi) is 8.41. The highest BCUT2D eigenvalue weighted by Gasteiger charge is 2.36. The van der Waals surface area contributed by atoms with Gasteiger partial charge in [-0.2, -0.15) is 4.37 Å². The molecule has 1 aromatic heterocycles. The summed E-state index contributed by atoms with van der Waals surface area (Å²) in [4.78, 5) is 40.6. The fourth-order valence-corrected chi connectivity index (χ4v) is 4.37. The fourth-order valence-electron chi connectivity index (χ4n) is 3.61. The van der Waals surface area contributed by atoms with Gasteiger partial charge in [0, 0.05) is 12.1 Å². The third-order valence-corrected chi connectivity index (χ3v) is 6.84. The Morgan fingerprint density at radius 1 is 1.11 bits per heavy atom. The Balaban J connectivity index is 2.09. The van der Waals surface area contributed by atoms with E-state index in [1.54, 1.807) is 0 Å². The number of primary amides is 1. The molecule has 2 aromatic carbocycles. The van der Waals surface area contributed by atoms with Gasteiger partial charge in [0.2, 0.25) is 5.91 Å². The number of hydrogen-bond acceptors (Lipinski definition) is 6. The number of nitrogens with zero attached hydrogens (tertiary/aromatic N) is 2. The van der Waals surface area contributed by atoms with Crippen LogP contribution in [-0.4, -0.2) is 39.1 Å². The molecule has 36 heavy (non-hydrogen) atoms. The van der Waals surface area contributed by atoms with Crippen LogP contribution in [-0.2, 0) is 11.2 Å². The van der Waals surface area contributed by atoms with Crippen molar-refractivity contribution in [3.8, 4) is 0 Å². The molecule has 0 unspecified atom stereocenters. The number of aromatic nitrogens is 1. The molecule has 0 fully saturated rings. The molecule has 0 bridgehead atoms. The highest BCUT2D eigenvalue weighted by molar-refractivity contribution is 7.09. The maximum absolute atomic E-state index is 13.9. The SMILES string of the molecule is CCC(C)(C)NC(=O)[C@H](c1ccc(F)cc1)N(CCc1ccccc1)C(=O)c1snc(C(N)=O)c1N. The van der Waals surface area contributed by atoms with Crippen LogP contribution < -0.4 is 16.8 Å². The average molecular weight is 512 g/mol. The van der Waals surface area contributed by atoms with Gasteiger partial charge in [-0.25, -0.2) is 4.39 Å². The highest BCUT2D eigenvalue weighted by Crippen LogP contribution is 2.30. The number of amides is 3. The van der Waals surface area contributed by atoms with Gasteiger partial charge in [-0.1, -0.05) is 49.4 Å². The number of anilines is 1. The summed E-state index contributed by atoms with van der Waals surface area (Å²) >= 11 is 0.748. The van der Waals surface area contributed by atoms with Gasteiger partial charge in [0.15, 0.2) is 5.69 Å². The van der Waals surface area contributed by atoms with Gasteiger partial charge in [0.25, 0.3) is 11.8 Å². The molecule has 5 N–H and O–H groups in total. The van der Waals surface area contributed by atoms with Crippen molar-refractivity contribution in [2.45, 2.75) is 45.2 Å². The predicted octanol–water partition coefficient (Wildman–Crippen LogP) is 3.69. The summed E-state index contributed by atoms with van der Waals surface area (Å²) in [6.45, 7) is 5.84. The van der Waals surface area contributed by atoms with Crippen LogP contribution in [0.2, 0.25) is 0 Å². The lowest BCUT2D eigenvalue weighted by atomic mass is 9.98. The van der Waals surface area contributed by atoms with E-state index in [9.17, 15) is 18.8 Å². The number of rotatable bonds is 10. The minimum Gasteiger partial charge on any atom is -0.395 e. The van der Waals surface area contributed by atoms with E-state index in [1.165, 1.54) is 29.2 Å². The minimum atomic E-state index is -1.09. The third kappa shape index (κ3) is 6.25. The number of nitrogens with one attached hydrogen (secondary N) is 1. The van der Waals surface area contributed by atoms with Gasteiger partial charge in [-0.15, -0.1) is 0 Å². The van der Waals surface area contributed by atoms with Gasteiger partial charge in [0.1, 0.15) is 16.7 Å². The average Bonchev–Trinajstić information content (AvgIpc) is 3.24. The van der Waals surface area contributed by atoms with Gasteiger partial charge < -0.3 is 21.7 Å². The van der Waals surface area contributed by atoms with Crippen LogP contribution in [0.4, 0.5) is 10.1 Å².